The molecule has 0 spiro atoms. The molecule has 6 nitrogen and oxygen atoms in total. The van der Waals surface area contributed by atoms with Crippen LogP contribution in [-0.4, -0.2) is 52.8 Å². The summed E-state index contributed by atoms with van der Waals surface area (Å²) in [5.74, 6) is -0.140. The molecule has 0 unspecified atom stereocenters. The molecular weight excluding hydrogens is 266 g/mol. The number of aliphatic hydroxyl groups excluding tert-OH is 1. The van der Waals surface area contributed by atoms with Crippen molar-refractivity contribution in [3.8, 4) is 0 Å². The van der Waals surface area contributed by atoms with Gasteiger partial charge in [0.1, 0.15) is 0 Å². The number of aliphatic hydroxyl groups is 1. The fourth-order valence-corrected chi connectivity index (χ4v) is 4.34. The summed E-state index contributed by atoms with van der Waals surface area (Å²) in [5.41, 5.74) is 0. The van der Waals surface area contributed by atoms with E-state index in [9.17, 15) is 4.79 Å². The molecule has 19 heavy (non-hydrogen) atoms. The highest BCUT2D eigenvalue weighted by atomic mass is 28.4. The highest BCUT2D eigenvalue weighted by molar-refractivity contribution is 6.60. The van der Waals surface area contributed by atoms with E-state index in [1.165, 1.54) is 0 Å². The largest absolute Gasteiger partial charge is 0.500 e. The second kappa shape index (κ2) is 11.4. The van der Waals surface area contributed by atoms with Gasteiger partial charge < -0.3 is 23.7 Å². The number of nitrogens with one attached hydrogen (secondary N) is 1. The summed E-state index contributed by atoms with van der Waals surface area (Å²) in [6.07, 6.45) is 0.883. The molecule has 0 aromatic rings. The van der Waals surface area contributed by atoms with Crippen molar-refractivity contribution >= 4 is 14.7 Å². The van der Waals surface area contributed by atoms with Gasteiger partial charge >= 0.3 is 8.80 Å². The summed E-state index contributed by atoms with van der Waals surface area (Å²) in [5, 5.41) is 11.4. The van der Waals surface area contributed by atoms with E-state index in [-0.39, 0.29) is 18.9 Å². The number of carbonyl (C=O) groups excluding carboxylic acids is 1. The Morgan fingerprint density at radius 3 is 2.05 bits per heavy atom. The van der Waals surface area contributed by atoms with Gasteiger partial charge in [0.15, 0.2) is 0 Å². The second-order valence-electron chi connectivity index (χ2n) is 3.91. The summed E-state index contributed by atoms with van der Waals surface area (Å²) in [4.78, 5) is 11.2. The molecule has 7 heteroatoms. The number of rotatable bonds is 12. The summed E-state index contributed by atoms with van der Waals surface area (Å²) >= 11 is 0. The molecule has 0 rings (SSSR count). The minimum absolute atomic E-state index is 0.124. The van der Waals surface area contributed by atoms with E-state index in [1.54, 1.807) is 0 Å². The van der Waals surface area contributed by atoms with Crippen LogP contribution >= 0.6 is 0 Å². The van der Waals surface area contributed by atoms with Crippen molar-refractivity contribution < 1.29 is 23.2 Å². The van der Waals surface area contributed by atoms with Crippen LogP contribution in [0.3, 0.4) is 0 Å². The van der Waals surface area contributed by atoms with Gasteiger partial charge in [-0.2, -0.15) is 0 Å². The Kier molecular flexibility index (Phi) is 11.1. The predicted molar refractivity (Wildman–Crippen MR) is 74.8 cm³/mol. The van der Waals surface area contributed by atoms with Crippen molar-refractivity contribution in [2.45, 2.75) is 39.7 Å². The molecule has 0 heterocycles. The van der Waals surface area contributed by atoms with E-state index in [1.807, 2.05) is 20.8 Å². The minimum Gasteiger partial charge on any atom is -0.396 e. The Morgan fingerprint density at radius 1 is 1.11 bits per heavy atom. The lowest BCUT2D eigenvalue weighted by atomic mass is 10.4. The second-order valence-corrected chi connectivity index (χ2v) is 6.64. The molecule has 0 atom stereocenters. The first-order valence-electron chi connectivity index (χ1n) is 6.93. The molecule has 0 saturated heterocycles. The molecule has 0 aliphatic rings. The van der Waals surface area contributed by atoms with Crippen LogP contribution in [0.25, 0.3) is 0 Å². The van der Waals surface area contributed by atoms with E-state index in [2.05, 4.69) is 5.32 Å². The lowest BCUT2D eigenvalue weighted by Gasteiger charge is -2.28. The number of hydrogen-bond donors (Lipinski definition) is 2. The van der Waals surface area contributed by atoms with E-state index in [0.29, 0.717) is 32.4 Å². The lowest BCUT2D eigenvalue weighted by Crippen LogP contribution is -2.46. The molecule has 0 aliphatic carbocycles. The van der Waals surface area contributed by atoms with Crippen molar-refractivity contribution in [1.82, 2.24) is 5.32 Å². The van der Waals surface area contributed by atoms with Gasteiger partial charge in [-0.3, -0.25) is 4.79 Å². The van der Waals surface area contributed by atoms with Crippen LogP contribution in [0.4, 0.5) is 0 Å². The predicted octanol–water partition coefficient (Wildman–Crippen LogP) is 0.923. The van der Waals surface area contributed by atoms with Gasteiger partial charge in [-0.05, 0) is 27.2 Å². The van der Waals surface area contributed by atoms with Crippen molar-refractivity contribution in [1.29, 1.82) is 0 Å². The van der Waals surface area contributed by atoms with Gasteiger partial charge in [-0.25, -0.2) is 0 Å². The molecule has 0 bridgehead atoms. The van der Waals surface area contributed by atoms with Crippen LogP contribution in [0.2, 0.25) is 6.04 Å². The zero-order valence-corrected chi connectivity index (χ0v) is 13.2. The third-order valence-corrected chi connectivity index (χ3v) is 5.56. The quantitative estimate of drug-likeness (QED) is 0.413. The van der Waals surface area contributed by atoms with E-state index < -0.39 is 8.80 Å². The van der Waals surface area contributed by atoms with Crippen LogP contribution in [0, 0.1) is 0 Å². The summed E-state index contributed by atoms with van der Waals surface area (Å²) in [7, 11) is -2.59. The number of amides is 1. The smallest absolute Gasteiger partial charge is 0.396 e. The van der Waals surface area contributed by atoms with Gasteiger partial charge in [-0.1, -0.05) is 0 Å². The molecule has 0 fully saturated rings. The number of hydrogen-bond acceptors (Lipinski definition) is 5. The van der Waals surface area contributed by atoms with Crippen LogP contribution < -0.4 is 5.32 Å². The number of carbonyl (C=O) groups is 1. The van der Waals surface area contributed by atoms with Gasteiger partial charge in [0.2, 0.25) is 5.91 Å². The standard InChI is InChI=1S/C12H27NO5Si/c1-4-16-19(17-5-2,18-6-3)11-7-9-13-12(15)8-10-14/h14H,4-11H2,1-3H3,(H,13,15). The van der Waals surface area contributed by atoms with Gasteiger partial charge in [0, 0.05) is 38.8 Å². The summed E-state index contributed by atoms with van der Waals surface area (Å²) < 4.78 is 17.1. The van der Waals surface area contributed by atoms with Gasteiger partial charge in [-0.15, -0.1) is 0 Å². The monoisotopic (exact) mass is 293 g/mol. The van der Waals surface area contributed by atoms with Gasteiger partial charge in [0.05, 0.1) is 6.61 Å². The van der Waals surface area contributed by atoms with Crippen LogP contribution in [-0.2, 0) is 18.1 Å². The van der Waals surface area contributed by atoms with Crippen LogP contribution in [0.5, 0.6) is 0 Å². The highest BCUT2D eigenvalue weighted by Gasteiger charge is 2.39. The maximum atomic E-state index is 11.2. The third kappa shape index (κ3) is 8.33. The van der Waals surface area contributed by atoms with Gasteiger partial charge in [0.25, 0.3) is 0 Å². The molecular formula is C12H27NO5Si. The van der Waals surface area contributed by atoms with E-state index in [0.717, 1.165) is 6.42 Å². The fraction of sp³-hybridized carbons (Fsp3) is 0.917. The lowest BCUT2D eigenvalue weighted by molar-refractivity contribution is -0.121. The summed E-state index contributed by atoms with van der Waals surface area (Å²) in [6.45, 7) is 7.85. The van der Waals surface area contributed by atoms with Crippen LogP contribution in [0.1, 0.15) is 33.6 Å². The third-order valence-electron chi connectivity index (χ3n) is 2.41. The van der Waals surface area contributed by atoms with Crippen molar-refractivity contribution in [3.05, 3.63) is 0 Å². The first-order chi connectivity index (χ1) is 9.14. The minimum atomic E-state index is -2.59. The topological polar surface area (TPSA) is 77.0 Å². The molecule has 2 N–H and O–H groups in total. The molecule has 0 radical (unpaired) electrons. The SMILES string of the molecule is CCO[Si](CCCNC(=O)CCO)(OCC)OCC. The van der Waals surface area contributed by atoms with E-state index >= 15 is 0 Å². The Morgan fingerprint density at radius 2 is 1.63 bits per heavy atom. The average Bonchev–Trinajstić information content (AvgIpc) is 2.36. The average molecular weight is 293 g/mol. The normalized spacial score (nSPS) is 11.6. The van der Waals surface area contributed by atoms with E-state index in [4.69, 9.17) is 18.4 Å². The first kappa shape index (κ1) is 18.5. The molecule has 114 valence electrons. The Labute approximate surface area is 116 Å². The maximum Gasteiger partial charge on any atom is 0.500 e. The molecule has 1 amide bonds. The first-order valence-corrected chi connectivity index (χ1v) is 8.86. The highest BCUT2D eigenvalue weighted by Crippen LogP contribution is 2.17. The van der Waals surface area contributed by atoms with Crippen molar-refractivity contribution in [2.75, 3.05) is 33.0 Å². The Bertz CT molecular complexity index is 223. The Balaban J connectivity index is 4.13. The van der Waals surface area contributed by atoms with Crippen LogP contribution in [0.15, 0.2) is 0 Å². The summed E-state index contributed by atoms with van der Waals surface area (Å²) in [6, 6.07) is 0.682. The fourth-order valence-electron chi connectivity index (χ4n) is 1.72. The van der Waals surface area contributed by atoms with Crippen molar-refractivity contribution in [3.63, 3.8) is 0 Å². The molecule has 0 aliphatic heterocycles. The van der Waals surface area contributed by atoms with Crippen molar-refractivity contribution in [2.24, 2.45) is 0 Å². The maximum absolute atomic E-state index is 11.2. The molecule has 0 saturated carbocycles. The molecule has 0 aromatic heterocycles. The molecule has 0 aromatic carbocycles. The zero-order valence-electron chi connectivity index (χ0n) is 12.2. The zero-order chi connectivity index (χ0) is 14.6. The Hall–Kier alpha value is -0.473.